The molecule has 1 aromatic rings. The van der Waals surface area contributed by atoms with Gasteiger partial charge in [-0.05, 0) is 44.5 Å². The van der Waals surface area contributed by atoms with Crippen molar-refractivity contribution in [1.82, 2.24) is 5.32 Å². The zero-order valence-corrected chi connectivity index (χ0v) is 12.5. The third kappa shape index (κ3) is 2.52. The van der Waals surface area contributed by atoms with Gasteiger partial charge in [-0.3, -0.25) is 14.4 Å². The van der Waals surface area contributed by atoms with Crippen LogP contribution in [0.1, 0.15) is 31.9 Å². The Labute approximate surface area is 126 Å². The molecule has 5 nitrogen and oxygen atoms in total. The molecule has 22 heavy (non-hydrogen) atoms. The van der Waals surface area contributed by atoms with E-state index >= 15 is 0 Å². The second-order valence-electron chi connectivity index (χ2n) is 5.75. The lowest BCUT2D eigenvalue weighted by Crippen LogP contribution is -2.42. The average molecular weight is 305 g/mol. The van der Waals surface area contributed by atoms with E-state index in [4.69, 9.17) is 0 Å². The maximum atomic E-state index is 13.4. The van der Waals surface area contributed by atoms with Crippen LogP contribution in [-0.2, 0) is 19.8 Å². The second kappa shape index (κ2) is 5.36. The minimum atomic E-state index is -1.16. The lowest BCUT2D eigenvalue weighted by atomic mass is 9.71. The van der Waals surface area contributed by atoms with Crippen LogP contribution in [0.3, 0.4) is 0 Å². The zero-order chi connectivity index (χ0) is 16.7. The van der Waals surface area contributed by atoms with Gasteiger partial charge in [-0.1, -0.05) is 0 Å². The summed E-state index contributed by atoms with van der Waals surface area (Å²) in [5, 5.41) is 12.5. The van der Waals surface area contributed by atoms with E-state index in [2.05, 4.69) is 5.32 Å². The van der Waals surface area contributed by atoms with Crippen LogP contribution >= 0.6 is 0 Å². The number of ketones is 2. The Bertz CT molecular complexity index is 719. The molecule has 1 aliphatic rings. The number of carbonyl (C=O) groups excluding carboxylic acids is 3. The van der Waals surface area contributed by atoms with Gasteiger partial charge in [-0.15, -0.1) is 0 Å². The number of hydrogen-bond donors (Lipinski definition) is 2. The standard InChI is InChI=1S/C16H16FNO4/c1-8(19)7-18-15(22)12-13(20)10-5-4-9(17)6-11(10)16(2,3)14(12)21/h4-6,20H,7H2,1-3H3,(H,18,22). The molecule has 0 saturated carbocycles. The molecule has 0 unspecified atom stereocenters. The molecule has 1 amide bonds. The summed E-state index contributed by atoms with van der Waals surface area (Å²) < 4.78 is 13.4. The molecule has 1 aromatic carbocycles. The van der Waals surface area contributed by atoms with Crippen molar-refractivity contribution in [3.63, 3.8) is 0 Å². The van der Waals surface area contributed by atoms with Crippen molar-refractivity contribution in [1.29, 1.82) is 0 Å². The maximum absolute atomic E-state index is 13.4. The van der Waals surface area contributed by atoms with Crippen LogP contribution in [0.15, 0.2) is 23.8 Å². The smallest absolute Gasteiger partial charge is 0.259 e. The minimum Gasteiger partial charge on any atom is -0.506 e. The van der Waals surface area contributed by atoms with E-state index in [1.54, 1.807) is 13.8 Å². The number of aliphatic hydroxyl groups is 1. The summed E-state index contributed by atoms with van der Waals surface area (Å²) in [7, 11) is 0. The van der Waals surface area contributed by atoms with E-state index in [1.807, 2.05) is 0 Å². The average Bonchev–Trinajstić information content (AvgIpc) is 2.43. The van der Waals surface area contributed by atoms with Gasteiger partial charge in [-0.25, -0.2) is 4.39 Å². The van der Waals surface area contributed by atoms with Crippen LogP contribution in [0.4, 0.5) is 4.39 Å². The van der Waals surface area contributed by atoms with Gasteiger partial charge in [0.15, 0.2) is 5.78 Å². The van der Waals surface area contributed by atoms with Crippen molar-refractivity contribution < 1.29 is 23.9 Å². The number of benzene rings is 1. The van der Waals surface area contributed by atoms with E-state index in [-0.39, 0.29) is 17.9 Å². The first-order valence-electron chi connectivity index (χ1n) is 6.72. The molecule has 0 radical (unpaired) electrons. The van der Waals surface area contributed by atoms with Crippen LogP contribution in [0, 0.1) is 5.82 Å². The summed E-state index contributed by atoms with van der Waals surface area (Å²) in [5.74, 6) is -2.75. The van der Waals surface area contributed by atoms with Gasteiger partial charge < -0.3 is 10.4 Å². The number of nitrogens with one attached hydrogen (secondary N) is 1. The lowest BCUT2D eigenvalue weighted by Gasteiger charge is -2.31. The fourth-order valence-corrected chi connectivity index (χ4v) is 2.42. The highest BCUT2D eigenvalue weighted by Gasteiger charge is 2.43. The molecule has 0 bridgehead atoms. The normalized spacial score (nSPS) is 16.3. The summed E-state index contributed by atoms with van der Waals surface area (Å²) in [6.07, 6.45) is 0. The summed E-state index contributed by atoms with van der Waals surface area (Å²) in [5.41, 5.74) is -1.02. The topological polar surface area (TPSA) is 83.5 Å². The van der Waals surface area contributed by atoms with Gasteiger partial charge in [0.2, 0.25) is 0 Å². The summed E-state index contributed by atoms with van der Waals surface area (Å²) in [4.78, 5) is 35.6. The number of carbonyl (C=O) groups is 3. The molecule has 0 heterocycles. The molecule has 6 heteroatoms. The molecular weight excluding hydrogens is 289 g/mol. The molecule has 2 N–H and O–H groups in total. The Morgan fingerprint density at radius 1 is 1.32 bits per heavy atom. The number of amides is 1. The van der Waals surface area contributed by atoms with Crippen LogP contribution in [0.25, 0.3) is 5.76 Å². The first kappa shape index (κ1) is 15.9. The largest absolute Gasteiger partial charge is 0.506 e. The first-order chi connectivity index (χ1) is 10.2. The van der Waals surface area contributed by atoms with Crippen LogP contribution in [0.2, 0.25) is 0 Å². The summed E-state index contributed by atoms with van der Waals surface area (Å²) in [6, 6.07) is 3.65. The lowest BCUT2D eigenvalue weighted by molar-refractivity contribution is -0.126. The fourth-order valence-electron chi connectivity index (χ4n) is 2.42. The Kier molecular flexibility index (Phi) is 3.87. The van der Waals surface area contributed by atoms with Crippen molar-refractivity contribution >= 4 is 23.2 Å². The fraction of sp³-hybridized carbons (Fsp3) is 0.312. The second-order valence-corrected chi connectivity index (χ2v) is 5.75. The van der Waals surface area contributed by atoms with Gasteiger partial charge in [0, 0.05) is 5.56 Å². The molecule has 0 saturated heterocycles. The van der Waals surface area contributed by atoms with Gasteiger partial charge >= 0.3 is 0 Å². The van der Waals surface area contributed by atoms with Gasteiger partial charge in [-0.2, -0.15) is 0 Å². The number of fused-ring (bicyclic) bond motifs is 1. The highest BCUT2D eigenvalue weighted by molar-refractivity contribution is 6.28. The maximum Gasteiger partial charge on any atom is 0.259 e. The van der Waals surface area contributed by atoms with E-state index in [9.17, 15) is 23.9 Å². The molecule has 0 atom stereocenters. The number of halogens is 1. The Morgan fingerprint density at radius 2 is 1.95 bits per heavy atom. The van der Waals surface area contributed by atoms with Crippen molar-refractivity contribution in [3.05, 3.63) is 40.7 Å². The predicted octanol–water partition coefficient (Wildman–Crippen LogP) is 1.66. The van der Waals surface area contributed by atoms with Gasteiger partial charge in [0.05, 0.1) is 12.0 Å². The molecular formula is C16H16FNO4. The SMILES string of the molecule is CC(=O)CNC(=O)C1=C(O)c2ccc(F)cc2C(C)(C)C1=O. The third-order valence-electron chi connectivity index (χ3n) is 3.67. The van der Waals surface area contributed by atoms with E-state index in [1.165, 1.54) is 19.1 Å². The Hall–Kier alpha value is -2.50. The zero-order valence-electron chi connectivity index (χ0n) is 12.5. The van der Waals surface area contributed by atoms with Crippen LogP contribution in [-0.4, -0.2) is 29.1 Å². The van der Waals surface area contributed by atoms with E-state index < -0.39 is 34.3 Å². The number of rotatable bonds is 3. The molecule has 116 valence electrons. The summed E-state index contributed by atoms with van der Waals surface area (Å²) >= 11 is 0. The van der Waals surface area contributed by atoms with Crippen molar-refractivity contribution in [3.8, 4) is 0 Å². The quantitative estimate of drug-likeness (QED) is 0.832. The van der Waals surface area contributed by atoms with Crippen molar-refractivity contribution in [2.45, 2.75) is 26.2 Å². The number of aliphatic hydroxyl groups excluding tert-OH is 1. The van der Waals surface area contributed by atoms with E-state index in [0.717, 1.165) is 6.07 Å². The molecule has 0 aromatic heterocycles. The van der Waals surface area contributed by atoms with Gasteiger partial charge in [0.25, 0.3) is 5.91 Å². The number of hydrogen-bond acceptors (Lipinski definition) is 4. The third-order valence-corrected chi connectivity index (χ3v) is 3.67. The predicted molar refractivity (Wildman–Crippen MR) is 77.7 cm³/mol. The number of Topliss-reactive ketones (excluding diaryl/α,β-unsaturated/α-hetero) is 2. The Balaban J connectivity index is 2.56. The Morgan fingerprint density at radius 3 is 2.55 bits per heavy atom. The van der Waals surface area contributed by atoms with Crippen molar-refractivity contribution in [2.75, 3.05) is 6.54 Å². The minimum absolute atomic E-state index is 0.235. The van der Waals surface area contributed by atoms with Crippen LogP contribution < -0.4 is 5.32 Å². The first-order valence-corrected chi connectivity index (χ1v) is 6.72. The van der Waals surface area contributed by atoms with Crippen molar-refractivity contribution in [2.24, 2.45) is 0 Å². The molecule has 0 fully saturated rings. The molecule has 1 aliphatic carbocycles. The monoisotopic (exact) mass is 305 g/mol. The van der Waals surface area contributed by atoms with Crippen LogP contribution in [0.5, 0.6) is 0 Å². The molecule has 2 rings (SSSR count). The van der Waals surface area contributed by atoms with Gasteiger partial charge in [0.1, 0.15) is 22.9 Å². The van der Waals surface area contributed by atoms with E-state index in [0.29, 0.717) is 5.56 Å². The highest BCUT2D eigenvalue weighted by Crippen LogP contribution is 2.39. The molecule has 0 aliphatic heterocycles. The molecule has 0 spiro atoms. The summed E-state index contributed by atoms with van der Waals surface area (Å²) in [6.45, 7) is 4.16. The highest BCUT2D eigenvalue weighted by atomic mass is 19.1.